The van der Waals surface area contributed by atoms with E-state index in [1.807, 2.05) is 0 Å². The van der Waals surface area contributed by atoms with Crippen LogP contribution in [0.1, 0.15) is 27.7 Å². The minimum absolute atomic E-state index is 0.0296. The predicted octanol–water partition coefficient (Wildman–Crippen LogP) is 1.54. The van der Waals surface area contributed by atoms with Gasteiger partial charge in [0.25, 0.3) is 0 Å². The fourth-order valence-electron chi connectivity index (χ4n) is 1.08. The van der Waals surface area contributed by atoms with E-state index in [9.17, 15) is 0 Å². The van der Waals surface area contributed by atoms with Gasteiger partial charge in [0.1, 0.15) is 0 Å². The van der Waals surface area contributed by atoms with Crippen LogP contribution in [-0.4, -0.2) is 22.0 Å². The molecular formula is C11H19BN3S. The zero-order valence-electron chi connectivity index (χ0n) is 10.4. The Morgan fingerprint density at radius 1 is 1.25 bits per heavy atom. The van der Waals surface area contributed by atoms with Crippen LogP contribution in [0.25, 0.3) is 0 Å². The van der Waals surface area contributed by atoms with E-state index in [-0.39, 0.29) is 10.2 Å². The minimum Gasteiger partial charge on any atom is -0.368 e. The zero-order valence-corrected chi connectivity index (χ0v) is 11.3. The Labute approximate surface area is 104 Å². The molecule has 0 unspecified atom stereocenters. The summed E-state index contributed by atoms with van der Waals surface area (Å²) in [6.07, 6.45) is 4.41. The van der Waals surface area contributed by atoms with E-state index in [1.54, 1.807) is 12.4 Å². The lowest BCUT2D eigenvalue weighted by Crippen LogP contribution is -2.36. The van der Waals surface area contributed by atoms with Gasteiger partial charge in [-0.1, -0.05) is 39.5 Å². The van der Waals surface area contributed by atoms with E-state index in [0.29, 0.717) is 5.95 Å². The van der Waals surface area contributed by atoms with Crippen molar-refractivity contribution in [2.24, 2.45) is 5.41 Å². The van der Waals surface area contributed by atoms with E-state index in [4.69, 9.17) is 5.73 Å². The SMILES string of the molecule is CC(C)(S)C(C)(C)C[B]c1cnc(N)nc1. The molecular weight excluding hydrogens is 217 g/mol. The summed E-state index contributed by atoms with van der Waals surface area (Å²) in [5.74, 6) is 0.311. The van der Waals surface area contributed by atoms with Crippen molar-refractivity contribution in [2.45, 2.75) is 38.8 Å². The molecule has 1 heterocycles. The van der Waals surface area contributed by atoms with Crippen molar-refractivity contribution in [1.82, 2.24) is 9.97 Å². The Bertz CT molecular complexity index is 343. The number of nitrogens with two attached hydrogens (primary N) is 1. The zero-order chi connectivity index (χ0) is 12.4. The van der Waals surface area contributed by atoms with Gasteiger partial charge in [0.15, 0.2) is 7.28 Å². The van der Waals surface area contributed by atoms with Crippen LogP contribution >= 0.6 is 12.6 Å². The first-order valence-electron chi connectivity index (χ1n) is 5.35. The summed E-state index contributed by atoms with van der Waals surface area (Å²) in [4.78, 5) is 7.92. The van der Waals surface area contributed by atoms with Crippen molar-refractivity contribution in [3.8, 4) is 0 Å². The quantitative estimate of drug-likeness (QED) is 0.616. The number of aromatic nitrogens is 2. The van der Waals surface area contributed by atoms with Crippen LogP contribution in [-0.2, 0) is 0 Å². The summed E-state index contributed by atoms with van der Waals surface area (Å²) in [6, 6.07) is 0. The van der Waals surface area contributed by atoms with Gasteiger partial charge in [0, 0.05) is 17.1 Å². The van der Waals surface area contributed by atoms with E-state index in [1.165, 1.54) is 0 Å². The van der Waals surface area contributed by atoms with E-state index < -0.39 is 0 Å². The smallest absolute Gasteiger partial charge is 0.219 e. The molecule has 1 aromatic heterocycles. The average molecular weight is 236 g/mol. The van der Waals surface area contributed by atoms with Gasteiger partial charge in [-0.15, -0.1) is 0 Å². The standard InChI is InChI=1S/C11H19BN3S/c1-10(2,11(3,4)16)7-12-8-5-14-9(13)15-6-8/h5-6,16H,7H2,1-4H3,(H2,13,14,15). The average Bonchev–Trinajstić information content (AvgIpc) is 2.15. The summed E-state index contributed by atoms with van der Waals surface area (Å²) in [5.41, 5.74) is 6.54. The second-order valence-corrected chi connectivity index (χ2v) is 6.34. The molecule has 0 aliphatic heterocycles. The third-order valence-electron chi connectivity index (χ3n) is 3.20. The van der Waals surface area contributed by atoms with Gasteiger partial charge in [-0.3, -0.25) is 0 Å². The van der Waals surface area contributed by atoms with E-state index in [0.717, 1.165) is 11.8 Å². The molecule has 1 aromatic rings. The minimum atomic E-state index is -0.0296. The van der Waals surface area contributed by atoms with E-state index in [2.05, 4.69) is 57.6 Å². The topological polar surface area (TPSA) is 51.8 Å². The van der Waals surface area contributed by atoms with Gasteiger partial charge in [0.05, 0.1) is 0 Å². The first-order valence-corrected chi connectivity index (χ1v) is 5.80. The number of nitrogen functional groups attached to an aromatic ring is 1. The number of anilines is 1. The molecule has 0 saturated heterocycles. The van der Waals surface area contributed by atoms with Crippen LogP contribution in [0, 0.1) is 5.41 Å². The normalized spacial score (nSPS) is 12.6. The molecule has 0 saturated carbocycles. The Hall–Kier alpha value is -0.705. The van der Waals surface area contributed by atoms with Crippen molar-refractivity contribution in [3.63, 3.8) is 0 Å². The molecule has 5 heteroatoms. The van der Waals surface area contributed by atoms with Crippen LogP contribution < -0.4 is 11.2 Å². The van der Waals surface area contributed by atoms with Crippen molar-refractivity contribution in [1.29, 1.82) is 0 Å². The highest BCUT2D eigenvalue weighted by atomic mass is 32.1. The highest BCUT2D eigenvalue weighted by molar-refractivity contribution is 7.81. The maximum Gasteiger partial charge on any atom is 0.219 e. The fraction of sp³-hybridized carbons (Fsp3) is 0.636. The first kappa shape index (κ1) is 13.4. The first-order chi connectivity index (χ1) is 7.22. The molecule has 0 spiro atoms. The van der Waals surface area contributed by atoms with Gasteiger partial charge in [-0.05, 0) is 5.41 Å². The lowest BCUT2D eigenvalue weighted by Gasteiger charge is -2.38. The second-order valence-electron chi connectivity index (χ2n) is 5.23. The fourth-order valence-corrected chi connectivity index (χ4v) is 1.17. The molecule has 3 nitrogen and oxygen atoms in total. The predicted molar refractivity (Wildman–Crippen MR) is 73.5 cm³/mol. The summed E-state index contributed by atoms with van der Waals surface area (Å²) in [6.45, 7) is 8.66. The molecule has 87 valence electrons. The summed E-state index contributed by atoms with van der Waals surface area (Å²) in [7, 11) is 2.12. The highest BCUT2D eigenvalue weighted by Gasteiger charge is 2.33. The Morgan fingerprint density at radius 2 is 1.75 bits per heavy atom. The molecule has 16 heavy (non-hydrogen) atoms. The molecule has 0 aliphatic rings. The second kappa shape index (κ2) is 4.66. The Balaban J connectivity index is 2.61. The summed E-state index contributed by atoms with van der Waals surface area (Å²) in [5, 5.41) is 0. The van der Waals surface area contributed by atoms with Gasteiger partial charge in [-0.2, -0.15) is 12.6 Å². The molecule has 0 fully saturated rings. The molecule has 1 rings (SSSR count). The van der Waals surface area contributed by atoms with Gasteiger partial charge >= 0.3 is 0 Å². The Morgan fingerprint density at radius 3 is 2.19 bits per heavy atom. The number of hydrogen-bond acceptors (Lipinski definition) is 4. The lowest BCUT2D eigenvalue weighted by atomic mass is 9.57. The van der Waals surface area contributed by atoms with Gasteiger partial charge < -0.3 is 5.73 Å². The number of thiol groups is 1. The number of hydrogen-bond donors (Lipinski definition) is 2. The summed E-state index contributed by atoms with van der Waals surface area (Å²) < 4.78 is -0.0296. The van der Waals surface area contributed by atoms with Crippen molar-refractivity contribution in [2.75, 3.05) is 5.73 Å². The van der Waals surface area contributed by atoms with Crippen LogP contribution in [0.3, 0.4) is 0 Å². The van der Waals surface area contributed by atoms with E-state index >= 15 is 0 Å². The largest absolute Gasteiger partial charge is 0.368 e. The molecule has 1 radical (unpaired) electrons. The van der Waals surface area contributed by atoms with Crippen LogP contribution in [0.2, 0.25) is 6.32 Å². The van der Waals surface area contributed by atoms with Crippen molar-refractivity contribution >= 4 is 31.3 Å². The number of rotatable bonds is 4. The monoisotopic (exact) mass is 236 g/mol. The molecule has 0 aromatic carbocycles. The maximum atomic E-state index is 5.43. The van der Waals surface area contributed by atoms with Crippen molar-refractivity contribution < 1.29 is 0 Å². The van der Waals surface area contributed by atoms with Crippen LogP contribution in [0.4, 0.5) is 5.95 Å². The van der Waals surface area contributed by atoms with Gasteiger partial charge in [-0.25, -0.2) is 9.97 Å². The molecule has 0 bridgehead atoms. The molecule has 0 amide bonds. The third kappa shape index (κ3) is 3.40. The van der Waals surface area contributed by atoms with Crippen molar-refractivity contribution in [3.05, 3.63) is 12.4 Å². The molecule has 2 N–H and O–H groups in total. The van der Waals surface area contributed by atoms with Gasteiger partial charge in [0.2, 0.25) is 5.95 Å². The maximum absolute atomic E-state index is 5.43. The third-order valence-corrected chi connectivity index (χ3v) is 3.80. The number of nitrogens with zero attached hydrogens (tertiary/aromatic N) is 2. The molecule has 0 aliphatic carbocycles. The lowest BCUT2D eigenvalue weighted by molar-refractivity contribution is 0.322. The van der Waals surface area contributed by atoms with Crippen LogP contribution in [0.5, 0.6) is 0 Å². The molecule has 0 atom stereocenters. The Kier molecular flexibility index (Phi) is 3.89. The van der Waals surface area contributed by atoms with Crippen LogP contribution in [0.15, 0.2) is 12.4 Å². The summed E-state index contributed by atoms with van der Waals surface area (Å²) >= 11 is 4.63. The highest BCUT2D eigenvalue weighted by Crippen LogP contribution is 2.38.